The van der Waals surface area contributed by atoms with Crippen molar-refractivity contribution in [3.05, 3.63) is 30.0 Å². The van der Waals surface area contributed by atoms with E-state index in [4.69, 9.17) is 5.26 Å². The summed E-state index contributed by atoms with van der Waals surface area (Å²) >= 11 is 0. The predicted octanol–water partition coefficient (Wildman–Crippen LogP) is 1.39. The second kappa shape index (κ2) is 4.61. The molecule has 0 saturated heterocycles. The molecule has 0 fully saturated rings. The van der Waals surface area contributed by atoms with Crippen LogP contribution in [0.3, 0.4) is 0 Å². The number of hydrogen-bond acceptors (Lipinski definition) is 5. The van der Waals surface area contributed by atoms with Crippen LogP contribution in [0.25, 0.3) is 0 Å². The molecule has 2 heterocycles. The fourth-order valence-corrected chi connectivity index (χ4v) is 1.49. The van der Waals surface area contributed by atoms with Gasteiger partial charge in [-0.3, -0.25) is 4.68 Å². The summed E-state index contributed by atoms with van der Waals surface area (Å²) in [5.41, 5.74) is 2.19. The molecular weight excluding hydrogens is 216 g/mol. The molecule has 6 nitrogen and oxygen atoms in total. The van der Waals surface area contributed by atoms with E-state index in [-0.39, 0.29) is 0 Å². The number of nitrogens with zero attached hydrogens (tertiary/aromatic N) is 5. The summed E-state index contributed by atoms with van der Waals surface area (Å²) in [6.45, 7) is 2.04. The highest BCUT2D eigenvalue weighted by molar-refractivity contribution is 5.57. The molecule has 0 radical (unpaired) electrons. The zero-order valence-electron chi connectivity index (χ0n) is 9.68. The van der Waals surface area contributed by atoms with Gasteiger partial charge in [0.2, 0.25) is 0 Å². The topological polar surface area (TPSA) is 79.4 Å². The maximum atomic E-state index is 8.62. The van der Waals surface area contributed by atoms with Gasteiger partial charge in [-0.25, -0.2) is 9.97 Å². The molecule has 0 spiro atoms. The van der Waals surface area contributed by atoms with E-state index in [1.54, 1.807) is 4.68 Å². The Labute approximate surface area is 98.9 Å². The van der Waals surface area contributed by atoms with Crippen LogP contribution >= 0.6 is 0 Å². The minimum Gasteiger partial charge on any atom is -0.336 e. The first-order valence-electron chi connectivity index (χ1n) is 5.24. The molecule has 0 atom stereocenters. The minimum atomic E-state index is 0.303. The highest BCUT2D eigenvalue weighted by atomic mass is 15.3. The lowest BCUT2D eigenvalue weighted by Crippen LogP contribution is -1.97. The van der Waals surface area contributed by atoms with Gasteiger partial charge in [0.15, 0.2) is 5.69 Å². The van der Waals surface area contributed by atoms with E-state index >= 15 is 0 Å². The highest BCUT2D eigenvalue weighted by Crippen LogP contribution is 2.17. The van der Waals surface area contributed by atoms with Crippen molar-refractivity contribution in [3.8, 4) is 6.07 Å². The molecule has 0 saturated carbocycles. The van der Waals surface area contributed by atoms with Crippen LogP contribution in [0.15, 0.2) is 18.6 Å². The fraction of sp³-hybridized carbons (Fsp3) is 0.273. The standard InChI is InChI=1S/C11H12N6/c1-3-9-10(7-17(2)16-9)15-11-6-13-8(4-12)5-14-11/h5-7H,3H2,1-2H3,(H,14,15). The van der Waals surface area contributed by atoms with Crippen LogP contribution < -0.4 is 5.32 Å². The average Bonchev–Trinajstić information content (AvgIpc) is 2.70. The number of hydrogen-bond donors (Lipinski definition) is 1. The Kier molecular flexibility index (Phi) is 3.01. The van der Waals surface area contributed by atoms with E-state index in [1.165, 1.54) is 12.4 Å². The number of nitriles is 1. The number of aromatic nitrogens is 4. The minimum absolute atomic E-state index is 0.303. The molecule has 0 aromatic carbocycles. The molecule has 0 unspecified atom stereocenters. The SMILES string of the molecule is CCc1nn(C)cc1Nc1cnc(C#N)cn1. The van der Waals surface area contributed by atoms with Crippen LogP contribution in [-0.2, 0) is 13.5 Å². The summed E-state index contributed by atoms with van der Waals surface area (Å²) in [6, 6.07) is 1.93. The van der Waals surface area contributed by atoms with Gasteiger partial charge in [-0.1, -0.05) is 6.92 Å². The maximum Gasteiger partial charge on any atom is 0.158 e. The third kappa shape index (κ3) is 2.39. The van der Waals surface area contributed by atoms with Gasteiger partial charge in [-0.05, 0) is 6.42 Å². The van der Waals surface area contributed by atoms with Gasteiger partial charge in [0, 0.05) is 13.2 Å². The first-order valence-corrected chi connectivity index (χ1v) is 5.24. The monoisotopic (exact) mass is 228 g/mol. The Bertz CT molecular complexity index is 548. The van der Waals surface area contributed by atoms with E-state index in [1.807, 2.05) is 26.2 Å². The molecule has 0 bridgehead atoms. The van der Waals surface area contributed by atoms with E-state index in [0.29, 0.717) is 11.5 Å². The molecule has 2 aromatic rings. The lowest BCUT2D eigenvalue weighted by Gasteiger charge is -2.03. The summed E-state index contributed by atoms with van der Waals surface area (Å²) in [5.74, 6) is 0.603. The smallest absolute Gasteiger partial charge is 0.158 e. The van der Waals surface area contributed by atoms with Gasteiger partial charge in [0.1, 0.15) is 11.9 Å². The summed E-state index contributed by atoms with van der Waals surface area (Å²) in [7, 11) is 1.87. The Balaban J connectivity index is 2.22. The third-order valence-corrected chi connectivity index (χ3v) is 2.27. The Morgan fingerprint density at radius 1 is 1.41 bits per heavy atom. The van der Waals surface area contributed by atoms with Crippen molar-refractivity contribution in [2.75, 3.05) is 5.32 Å². The van der Waals surface area contributed by atoms with E-state index in [0.717, 1.165) is 17.8 Å². The van der Waals surface area contributed by atoms with E-state index in [2.05, 4.69) is 20.4 Å². The molecule has 6 heteroatoms. The summed E-state index contributed by atoms with van der Waals surface area (Å²) in [4.78, 5) is 8.04. The highest BCUT2D eigenvalue weighted by Gasteiger charge is 2.06. The molecule has 0 aliphatic rings. The van der Waals surface area contributed by atoms with Crippen molar-refractivity contribution in [2.45, 2.75) is 13.3 Å². The molecule has 86 valence electrons. The fourth-order valence-electron chi connectivity index (χ4n) is 1.49. The summed E-state index contributed by atoms with van der Waals surface area (Å²) in [5, 5.41) is 16.1. The van der Waals surface area contributed by atoms with Crippen LogP contribution in [-0.4, -0.2) is 19.7 Å². The van der Waals surface area contributed by atoms with Gasteiger partial charge in [-0.2, -0.15) is 10.4 Å². The summed E-state index contributed by atoms with van der Waals surface area (Å²) in [6.07, 6.45) is 5.70. The van der Waals surface area contributed by atoms with Crippen molar-refractivity contribution >= 4 is 11.5 Å². The van der Waals surface area contributed by atoms with Crippen molar-refractivity contribution in [1.29, 1.82) is 5.26 Å². The molecule has 0 aliphatic carbocycles. The number of rotatable bonds is 3. The van der Waals surface area contributed by atoms with Crippen LogP contribution in [0.4, 0.5) is 11.5 Å². The quantitative estimate of drug-likeness (QED) is 0.858. The average molecular weight is 228 g/mol. The van der Waals surface area contributed by atoms with Gasteiger partial charge >= 0.3 is 0 Å². The van der Waals surface area contributed by atoms with E-state index in [9.17, 15) is 0 Å². The molecule has 17 heavy (non-hydrogen) atoms. The normalized spacial score (nSPS) is 9.94. The van der Waals surface area contributed by atoms with Crippen LogP contribution in [0.2, 0.25) is 0 Å². The zero-order valence-corrected chi connectivity index (χ0v) is 9.68. The van der Waals surface area contributed by atoms with Gasteiger partial charge in [-0.15, -0.1) is 0 Å². The van der Waals surface area contributed by atoms with Crippen molar-refractivity contribution in [1.82, 2.24) is 19.7 Å². The maximum absolute atomic E-state index is 8.62. The number of anilines is 2. The predicted molar refractivity (Wildman–Crippen MR) is 62.6 cm³/mol. The lowest BCUT2D eigenvalue weighted by atomic mass is 10.3. The second-order valence-corrected chi connectivity index (χ2v) is 3.54. The molecule has 0 amide bonds. The number of nitrogens with one attached hydrogen (secondary N) is 1. The van der Waals surface area contributed by atoms with Crippen LogP contribution in [0.1, 0.15) is 18.3 Å². The molecule has 1 N–H and O–H groups in total. The Hall–Kier alpha value is -2.42. The van der Waals surface area contributed by atoms with Gasteiger partial charge < -0.3 is 5.32 Å². The number of aryl methyl sites for hydroxylation is 2. The molecule has 2 aromatic heterocycles. The largest absolute Gasteiger partial charge is 0.336 e. The molecule has 2 rings (SSSR count). The van der Waals surface area contributed by atoms with Crippen LogP contribution in [0, 0.1) is 11.3 Å². The van der Waals surface area contributed by atoms with Crippen LogP contribution in [0.5, 0.6) is 0 Å². The molecule has 0 aliphatic heterocycles. The lowest BCUT2D eigenvalue weighted by molar-refractivity contribution is 0.746. The second-order valence-electron chi connectivity index (χ2n) is 3.54. The van der Waals surface area contributed by atoms with E-state index < -0.39 is 0 Å². The van der Waals surface area contributed by atoms with Crippen molar-refractivity contribution in [3.63, 3.8) is 0 Å². The Morgan fingerprint density at radius 2 is 2.24 bits per heavy atom. The Morgan fingerprint density at radius 3 is 2.82 bits per heavy atom. The zero-order chi connectivity index (χ0) is 12.3. The first kappa shape index (κ1) is 11.1. The van der Waals surface area contributed by atoms with Gasteiger partial charge in [0.05, 0.1) is 23.8 Å². The third-order valence-electron chi connectivity index (χ3n) is 2.27. The summed E-state index contributed by atoms with van der Waals surface area (Å²) < 4.78 is 1.75. The first-order chi connectivity index (χ1) is 8.22. The van der Waals surface area contributed by atoms with Crippen molar-refractivity contribution < 1.29 is 0 Å². The molecular formula is C11H12N6. The van der Waals surface area contributed by atoms with Gasteiger partial charge in [0.25, 0.3) is 0 Å². The van der Waals surface area contributed by atoms with Crippen molar-refractivity contribution in [2.24, 2.45) is 7.05 Å².